The van der Waals surface area contributed by atoms with Crippen LogP contribution in [-0.4, -0.2) is 35.5 Å². The molecule has 2 aromatic carbocycles. The molecule has 5 aromatic rings. The summed E-state index contributed by atoms with van der Waals surface area (Å²) in [5.74, 6) is 0.0121. The van der Waals surface area contributed by atoms with Crippen molar-refractivity contribution >= 4 is 37.6 Å². The van der Waals surface area contributed by atoms with Crippen LogP contribution in [0.15, 0.2) is 84.1 Å². The van der Waals surface area contributed by atoms with Gasteiger partial charge in [-0.3, -0.25) is 14.8 Å². The monoisotopic (exact) mass is 484 g/mol. The first kappa shape index (κ1) is 22.4. The summed E-state index contributed by atoms with van der Waals surface area (Å²) >= 11 is 0. The molecule has 174 valence electrons. The molecule has 0 unspecified atom stereocenters. The Kier molecular flexibility index (Phi) is 5.62. The van der Waals surface area contributed by atoms with Gasteiger partial charge in [-0.1, -0.05) is 6.07 Å². The van der Waals surface area contributed by atoms with Crippen molar-refractivity contribution in [2.24, 2.45) is 5.73 Å². The zero-order valence-corrected chi connectivity index (χ0v) is 19.5. The highest BCUT2D eigenvalue weighted by Crippen LogP contribution is 2.33. The third kappa shape index (κ3) is 4.53. The highest BCUT2D eigenvalue weighted by molar-refractivity contribution is 7.90. The van der Waals surface area contributed by atoms with E-state index in [9.17, 15) is 13.2 Å². The van der Waals surface area contributed by atoms with E-state index in [1.54, 1.807) is 36.7 Å². The van der Waals surface area contributed by atoms with Crippen molar-refractivity contribution in [3.8, 4) is 16.9 Å². The number of hydrogen-bond acceptors (Lipinski definition) is 7. The Hall–Kier alpha value is -4.37. The van der Waals surface area contributed by atoms with Gasteiger partial charge < -0.3 is 10.5 Å². The van der Waals surface area contributed by atoms with Crippen LogP contribution in [0.3, 0.4) is 0 Å². The number of nitrogens with zero attached hydrogens (tertiary/aromatic N) is 3. The van der Waals surface area contributed by atoms with Crippen LogP contribution in [0.5, 0.6) is 5.75 Å². The molecule has 0 saturated heterocycles. The van der Waals surface area contributed by atoms with Crippen molar-refractivity contribution in [3.05, 3.63) is 90.4 Å². The first-order chi connectivity index (χ1) is 16.8. The largest absolute Gasteiger partial charge is 0.487 e. The number of ether oxygens (including phenoxy) is 1. The van der Waals surface area contributed by atoms with Crippen LogP contribution in [0.25, 0.3) is 32.9 Å². The molecule has 2 N–H and O–H groups in total. The van der Waals surface area contributed by atoms with Crippen LogP contribution in [0.2, 0.25) is 0 Å². The number of carbonyl (C=O) groups excluding carboxylic acids is 1. The van der Waals surface area contributed by atoms with E-state index in [0.717, 1.165) is 33.7 Å². The molecule has 3 heterocycles. The Bertz CT molecular complexity index is 1720. The number of aromatic nitrogens is 3. The Morgan fingerprint density at radius 2 is 1.71 bits per heavy atom. The Morgan fingerprint density at radius 1 is 0.914 bits per heavy atom. The molecule has 0 saturated carbocycles. The zero-order valence-electron chi connectivity index (χ0n) is 18.7. The normalized spacial score (nSPS) is 11.6. The second-order valence-corrected chi connectivity index (χ2v) is 9.99. The van der Waals surface area contributed by atoms with Crippen molar-refractivity contribution in [2.45, 2.75) is 11.6 Å². The number of benzene rings is 2. The summed E-state index contributed by atoms with van der Waals surface area (Å²) in [5.41, 5.74) is 9.29. The molecule has 0 fully saturated rings. The SMILES string of the molecule is CS(=O)(=O)c1ccc2cc(-c3cc(OCc4ncccc4C(N)=O)c4cccnc4c3)ccc2n1. The van der Waals surface area contributed by atoms with Crippen LogP contribution in [0.4, 0.5) is 0 Å². The van der Waals surface area contributed by atoms with Gasteiger partial charge in [-0.15, -0.1) is 0 Å². The van der Waals surface area contributed by atoms with Crippen molar-refractivity contribution < 1.29 is 17.9 Å². The van der Waals surface area contributed by atoms with Gasteiger partial charge in [0.05, 0.1) is 22.3 Å². The average Bonchev–Trinajstić information content (AvgIpc) is 2.86. The van der Waals surface area contributed by atoms with Gasteiger partial charge in [0.1, 0.15) is 12.4 Å². The minimum absolute atomic E-state index is 0.0354. The molecule has 0 bridgehead atoms. The molecule has 0 aliphatic carbocycles. The summed E-state index contributed by atoms with van der Waals surface area (Å²) in [5, 5.41) is 1.65. The molecule has 3 aromatic heterocycles. The first-order valence-electron chi connectivity index (χ1n) is 10.7. The minimum atomic E-state index is -3.39. The third-order valence-electron chi connectivity index (χ3n) is 5.58. The highest BCUT2D eigenvalue weighted by Gasteiger charge is 2.14. The molecule has 8 nitrogen and oxygen atoms in total. The fourth-order valence-corrected chi connectivity index (χ4v) is 4.43. The van der Waals surface area contributed by atoms with Gasteiger partial charge in [0, 0.05) is 29.4 Å². The van der Waals surface area contributed by atoms with Gasteiger partial charge in [-0.25, -0.2) is 13.4 Å². The maximum absolute atomic E-state index is 11.8. The fourth-order valence-electron chi connectivity index (χ4n) is 3.85. The number of carbonyl (C=O) groups is 1. The van der Waals surface area contributed by atoms with E-state index in [-0.39, 0.29) is 11.6 Å². The number of primary amides is 1. The van der Waals surface area contributed by atoms with Crippen LogP contribution < -0.4 is 10.5 Å². The molecule has 0 radical (unpaired) electrons. The number of nitrogens with two attached hydrogens (primary N) is 1. The standard InChI is InChI=1S/C26H20N4O4S/c1-35(32,33)25-9-7-17-12-16(6-8-21(17)30-25)18-13-22-19(4-2-10-28-22)24(14-18)34-15-23-20(26(27)31)5-3-11-29-23/h2-14H,15H2,1H3,(H2,27,31). The number of fused-ring (bicyclic) bond motifs is 2. The van der Waals surface area contributed by atoms with E-state index in [0.29, 0.717) is 22.5 Å². The number of hydrogen-bond donors (Lipinski definition) is 1. The van der Waals surface area contributed by atoms with Crippen LogP contribution in [-0.2, 0) is 16.4 Å². The minimum Gasteiger partial charge on any atom is -0.487 e. The zero-order chi connectivity index (χ0) is 24.6. The van der Waals surface area contributed by atoms with Crippen LogP contribution in [0.1, 0.15) is 16.1 Å². The Morgan fingerprint density at radius 3 is 2.51 bits per heavy atom. The molecule has 0 aliphatic rings. The topological polar surface area (TPSA) is 125 Å². The lowest BCUT2D eigenvalue weighted by molar-refractivity contribution is 0.0997. The number of pyridine rings is 3. The van der Waals surface area contributed by atoms with Crippen molar-refractivity contribution in [2.75, 3.05) is 6.26 Å². The fraction of sp³-hybridized carbons (Fsp3) is 0.0769. The van der Waals surface area contributed by atoms with Crippen molar-refractivity contribution in [3.63, 3.8) is 0 Å². The van der Waals surface area contributed by atoms with Crippen LogP contribution >= 0.6 is 0 Å². The van der Waals surface area contributed by atoms with E-state index in [2.05, 4.69) is 15.0 Å². The lowest BCUT2D eigenvalue weighted by Crippen LogP contribution is -2.15. The Labute approximate surface area is 201 Å². The molecule has 1 amide bonds. The summed E-state index contributed by atoms with van der Waals surface area (Å²) in [4.78, 5) is 24.7. The maximum Gasteiger partial charge on any atom is 0.250 e. The van der Waals surface area contributed by atoms with Crippen molar-refractivity contribution in [1.82, 2.24) is 15.0 Å². The molecule has 0 aliphatic heterocycles. The predicted octanol–water partition coefficient (Wildman–Crippen LogP) is 3.93. The number of sulfone groups is 1. The van der Waals surface area contributed by atoms with Gasteiger partial charge in [0.25, 0.3) is 5.91 Å². The quantitative estimate of drug-likeness (QED) is 0.387. The van der Waals surface area contributed by atoms with Gasteiger partial charge >= 0.3 is 0 Å². The summed E-state index contributed by atoms with van der Waals surface area (Å²) in [6.07, 6.45) is 4.42. The molecular formula is C26H20N4O4S. The van der Waals surface area contributed by atoms with E-state index in [1.807, 2.05) is 36.4 Å². The summed E-state index contributed by atoms with van der Waals surface area (Å²) in [6.45, 7) is 0.0580. The second kappa shape index (κ2) is 8.77. The van der Waals surface area contributed by atoms with Gasteiger partial charge in [-0.2, -0.15) is 0 Å². The highest BCUT2D eigenvalue weighted by atomic mass is 32.2. The molecule has 5 rings (SSSR count). The molecule has 35 heavy (non-hydrogen) atoms. The molecule has 0 spiro atoms. The van der Waals surface area contributed by atoms with E-state index >= 15 is 0 Å². The number of amides is 1. The van der Waals surface area contributed by atoms with Crippen molar-refractivity contribution in [1.29, 1.82) is 0 Å². The van der Waals surface area contributed by atoms with Crippen LogP contribution in [0, 0.1) is 0 Å². The smallest absolute Gasteiger partial charge is 0.250 e. The van der Waals surface area contributed by atoms with Gasteiger partial charge in [-0.05, 0) is 71.8 Å². The predicted molar refractivity (Wildman–Crippen MR) is 133 cm³/mol. The molecule has 0 atom stereocenters. The third-order valence-corrected chi connectivity index (χ3v) is 6.57. The number of rotatable bonds is 6. The van der Waals surface area contributed by atoms with E-state index < -0.39 is 15.7 Å². The molecular weight excluding hydrogens is 464 g/mol. The average molecular weight is 485 g/mol. The summed E-state index contributed by atoms with van der Waals surface area (Å²) in [7, 11) is -3.39. The summed E-state index contributed by atoms with van der Waals surface area (Å²) < 4.78 is 29.8. The van der Waals surface area contributed by atoms with E-state index in [1.165, 1.54) is 6.07 Å². The summed E-state index contributed by atoms with van der Waals surface area (Å²) in [6, 6.07) is 19.7. The van der Waals surface area contributed by atoms with Gasteiger partial charge in [0.15, 0.2) is 14.9 Å². The lowest BCUT2D eigenvalue weighted by atomic mass is 10.0. The second-order valence-electron chi connectivity index (χ2n) is 8.02. The Balaban J connectivity index is 1.55. The maximum atomic E-state index is 11.8. The van der Waals surface area contributed by atoms with E-state index in [4.69, 9.17) is 10.5 Å². The molecule has 9 heteroatoms. The lowest BCUT2D eigenvalue weighted by Gasteiger charge is -2.13. The van der Waals surface area contributed by atoms with Gasteiger partial charge in [0.2, 0.25) is 0 Å². The first-order valence-corrected chi connectivity index (χ1v) is 12.6.